The minimum absolute atomic E-state index is 0.101. The molecule has 0 atom stereocenters. The summed E-state index contributed by atoms with van der Waals surface area (Å²) >= 11 is 0. The van der Waals surface area contributed by atoms with E-state index in [0.717, 1.165) is 12.8 Å². The topological polar surface area (TPSA) is 39.2 Å². The third-order valence-electron chi connectivity index (χ3n) is 3.85. The van der Waals surface area contributed by atoms with Crippen LogP contribution in [-0.2, 0) is 0 Å². The van der Waals surface area contributed by atoms with E-state index in [1.165, 1.54) is 32.1 Å². The molecule has 0 saturated heterocycles. The van der Waals surface area contributed by atoms with Gasteiger partial charge in [0.25, 0.3) is 0 Å². The Balaban J connectivity index is 2.06. The maximum Gasteiger partial charge on any atom is 0.167 e. The Kier molecular flexibility index (Phi) is 5.57. The number of ketones is 1. The van der Waals surface area contributed by atoms with Crippen LogP contribution in [0.4, 0.5) is 0 Å². The molecule has 110 valence electrons. The summed E-state index contributed by atoms with van der Waals surface area (Å²) < 4.78 is 5.62. The molecule has 3 nitrogen and oxygen atoms in total. The zero-order valence-electron chi connectivity index (χ0n) is 12.6. The van der Waals surface area contributed by atoms with Crippen LogP contribution in [0, 0.1) is 5.92 Å². The van der Waals surface area contributed by atoms with E-state index in [4.69, 9.17) is 4.74 Å². The number of rotatable bonds is 4. The number of aromatic nitrogens is 1. The first-order valence-corrected chi connectivity index (χ1v) is 7.82. The zero-order valence-corrected chi connectivity index (χ0v) is 12.6. The molecule has 1 fully saturated rings. The van der Waals surface area contributed by atoms with Crippen molar-refractivity contribution in [2.24, 2.45) is 5.92 Å². The van der Waals surface area contributed by atoms with Crippen molar-refractivity contribution in [3.8, 4) is 5.75 Å². The van der Waals surface area contributed by atoms with Crippen LogP contribution >= 0.6 is 0 Å². The van der Waals surface area contributed by atoms with Crippen LogP contribution in [0.15, 0.2) is 18.5 Å². The maximum atomic E-state index is 12.6. The SMILES string of the molecule is CC(C)Oc1cncc(C(=O)C2CCCCCCC2)c1. The number of Topliss-reactive ketones (excluding diaryl/α,β-unsaturated/α-hetero) is 1. The second kappa shape index (κ2) is 7.41. The quantitative estimate of drug-likeness (QED) is 0.764. The Bertz CT molecular complexity index is 434. The first kappa shape index (κ1) is 15.0. The number of carbonyl (C=O) groups is 1. The fourth-order valence-corrected chi connectivity index (χ4v) is 2.84. The van der Waals surface area contributed by atoms with E-state index in [0.29, 0.717) is 11.3 Å². The van der Waals surface area contributed by atoms with E-state index in [2.05, 4.69) is 4.98 Å². The highest BCUT2D eigenvalue weighted by Crippen LogP contribution is 2.26. The highest BCUT2D eigenvalue weighted by molar-refractivity contribution is 5.97. The first-order valence-electron chi connectivity index (χ1n) is 7.82. The Morgan fingerprint density at radius 2 is 1.80 bits per heavy atom. The molecular formula is C17H25NO2. The zero-order chi connectivity index (χ0) is 14.4. The number of ether oxygens (including phenoxy) is 1. The summed E-state index contributed by atoms with van der Waals surface area (Å²) in [6.45, 7) is 3.95. The van der Waals surface area contributed by atoms with Gasteiger partial charge >= 0.3 is 0 Å². The molecule has 0 bridgehead atoms. The Morgan fingerprint density at radius 3 is 2.45 bits per heavy atom. The molecule has 0 spiro atoms. The van der Waals surface area contributed by atoms with E-state index in [1.54, 1.807) is 12.4 Å². The molecule has 1 aliphatic rings. The molecule has 1 aromatic heterocycles. The van der Waals surface area contributed by atoms with Crippen molar-refractivity contribution in [3.63, 3.8) is 0 Å². The lowest BCUT2D eigenvalue weighted by Gasteiger charge is -2.18. The van der Waals surface area contributed by atoms with Gasteiger partial charge in [0, 0.05) is 17.7 Å². The molecule has 20 heavy (non-hydrogen) atoms. The summed E-state index contributed by atoms with van der Waals surface area (Å²) in [5.74, 6) is 1.11. The Hall–Kier alpha value is -1.38. The molecule has 1 saturated carbocycles. The van der Waals surface area contributed by atoms with Crippen LogP contribution in [0.25, 0.3) is 0 Å². The number of hydrogen-bond donors (Lipinski definition) is 0. The van der Waals surface area contributed by atoms with Gasteiger partial charge in [-0.2, -0.15) is 0 Å². The van der Waals surface area contributed by atoms with Crippen LogP contribution in [0.3, 0.4) is 0 Å². The minimum atomic E-state index is 0.101. The Labute approximate surface area is 121 Å². The molecule has 3 heteroatoms. The predicted octanol–water partition coefficient (Wildman–Crippen LogP) is 4.41. The molecule has 1 heterocycles. The van der Waals surface area contributed by atoms with Gasteiger partial charge in [0.2, 0.25) is 0 Å². The standard InChI is InChI=1S/C17H25NO2/c1-13(2)20-16-10-15(11-18-12-16)17(19)14-8-6-4-3-5-7-9-14/h10-14H,3-9H2,1-2H3. The smallest absolute Gasteiger partial charge is 0.167 e. The van der Waals surface area contributed by atoms with Gasteiger partial charge in [0.05, 0.1) is 12.3 Å². The third-order valence-corrected chi connectivity index (χ3v) is 3.85. The van der Waals surface area contributed by atoms with Crippen LogP contribution in [0.1, 0.15) is 69.2 Å². The molecule has 0 N–H and O–H groups in total. The fraction of sp³-hybridized carbons (Fsp3) is 0.647. The highest BCUT2D eigenvalue weighted by Gasteiger charge is 2.21. The first-order chi connectivity index (χ1) is 9.66. The molecule has 0 aliphatic heterocycles. The van der Waals surface area contributed by atoms with Crippen molar-refractivity contribution in [3.05, 3.63) is 24.0 Å². The van der Waals surface area contributed by atoms with Gasteiger partial charge in [-0.25, -0.2) is 0 Å². The molecule has 1 aromatic rings. The lowest BCUT2D eigenvalue weighted by Crippen LogP contribution is -2.17. The predicted molar refractivity (Wildman–Crippen MR) is 80.1 cm³/mol. The summed E-state index contributed by atoms with van der Waals surface area (Å²) in [6, 6.07) is 1.84. The average Bonchev–Trinajstić information content (AvgIpc) is 2.37. The maximum absolute atomic E-state index is 12.6. The van der Waals surface area contributed by atoms with Gasteiger partial charge < -0.3 is 4.74 Å². The van der Waals surface area contributed by atoms with Crippen molar-refractivity contribution >= 4 is 5.78 Å². The van der Waals surface area contributed by atoms with Crippen LogP contribution < -0.4 is 4.74 Å². The molecule has 0 aromatic carbocycles. The van der Waals surface area contributed by atoms with E-state index in [1.807, 2.05) is 19.9 Å². The van der Waals surface area contributed by atoms with E-state index < -0.39 is 0 Å². The summed E-state index contributed by atoms with van der Waals surface area (Å²) in [6.07, 6.45) is 11.7. The van der Waals surface area contributed by atoms with E-state index in [9.17, 15) is 4.79 Å². The summed E-state index contributed by atoms with van der Waals surface area (Å²) in [7, 11) is 0. The van der Waals surface area contributed by atoms with Crippen LogP contribution in [0.5, 0.6) is 5.75 Å². The summed E-state index contributed by atoms with van der Waals surface area (Å²) in [5, 5.41) is 0. The van der Waals surface area contributed by atoms with Gasteiger partial charge in [-0.15, -0.1) is 0 Å². The fourth-order valence-electron chi connectivity index (χ4n) is 2.84. The number of carbonyl (C=O) groups excluding carboxylic acids is 1. The largest absolute Gasteiger partial charge is 0.489 e. The van der Waals surface area contributed by atoms with Crippen molar-refractivity contribution in [1.29, 1.82) is 0 Å². The lowest BCUT2D eigenvalue weighted by atomic mass is 9.86. The monoisotopic (exact) mass is 275 g/mol. The van der Waals surface area contributed by atoms with Gasteiger partial charge in [-0.3, -0.25) is 9.78 Å². The summed E-state index contributed by atoms with van der Waals surface area (Å²) in [5.41, 5.74) is 0.703. The Morgan fingerprint density at radius 1 is 1.15 bits per heavy atom. The van der Waals surface area contributed by atoms with Crippen molar-refractivity contribution in [2.45, 2.75) is 64.9 Å². The summed E-state index contributed by atoms with van der Waals surface area (Å²) in [4.78, 5) is 16.8. The molecule has 2 rings (SSSR count). The van der Waals surface area contributed by atoms with Crippen LogP contribution in [-0.4, -0.2) is 16.9 Å². The third kappa shape index (κ3) is 4.32. The van der Waals surface area contributed by atoms with E-state index >= 15 is 0 Å². The van der Waals surface area contributed by atoms with Crippen LogP contribution in [0.2, 0.25) is 0 Å². The van der Waals surface area contributed by atoms with Gasteiger partial charge in [0.15, 0.2) is 5.78 Å². The van der Waals surface area contributed by atoms with Gasteiger partial charge in [-0.1, -0.05) is 32.1 Å². The lowest BCUT2D eigenvalue weighted by molar-refractivity contribution is 0.0897. The van der Waals surface area contributed by atoms with Crippen molar-refractivity contribution in [2.75, 3.05) is 0 Å². The van der Waals surface area contributed by atoms with E-state index in [-0.39, 0.29) is 17.8 Å². The van der Waals surface area contributed by atoms with Crippen molar-refractivity contribution in [1.82, 2.24) is 4.98 Å². The molecule has 0 amide bonds. The number of hydrogen-bond acceptors (Lipinski definition) is 3. The number of nitrogens with zero attached hydrogens (tertiary/aromatic N) is 1. The van der Waals surface area contributed by atoms with Crippen molar-refractivity contribution < 1.29 is 9.53 Å². The molecule has 1 aliphatic carbocycles. The average molecular weight is 275 g/mol. The normalized spacial score (nSPS) is 17.6. The molecule has 0 unspecified atom stereocenters. The van der Waals surface area contributed by atoms with Gasteiger partial charge in [0.1, 0.15) is 5.75 Å². The second-order valence-corrected chi connectivity index (χ2v) is 5.98. The van der Waals surface area contributed by atoms with Gasteiger partial charge in [-0.05, 0) is 32.8 Å². The number of pyridine rings is 1. The molecular weight excluding hydrogens is 250 g/mol. The molecule has 0 radical (unpaired) electrons. The minimum Gasteiger partial charge on any atom is -0.489 e. The highest BCUT2D eigenvalue weighted by atomic mass is 16.5. The second-order valence-electron chi connectivity index (χ2n) is 5.98.